The summed E-state index contributed by atoms with van der Waals surface area (Å²) in [6.07, 6.45) is 0. The van der Waals surface area contributed by atoms with Crippen molar-refractivity contribution in [3.8, 4) is 11.5 Å². The number of hydrogen-bond acceptors (Lipinski definition) is 6. The van der Waals surface area contributed by atoms with E-state index in [1.807, 2.05) is 0 Å². The fourth-order valence-corrected chi connectivity index (χ4v) is 4.49. The van der Waals surface area contributed by atoms with Crippen molar-refractivity contribution in [2.24, 2.45) is 0 Å². The number of aromatic amines is 1. The van der Waals surface area contributed by atoms with Gasteiger partial charge in [-0.3, -0.25) is 14.5 Å². The highest BCUT2D eigenvalue weighted by molar-refractivity contribution is 6.51. The largest absolute Gasteiger partial charge is 0.507 e. The van der Waals surface area contributed by atoms with Crippen LogP contribution in [0.15, 0.2) is 66.2 Å². The number of amides is 1. The van der Waals surface area contributed by atoms with E-state index in [1.165, 1.54) is 30.2 Å². The van der Waals surface area contributed by atoms with Crippen molar-refractivity contribution in [2.75, 3.05) is 19.1 Å². The molecule has 1 aliphatic heterocycles. The first kappa shape index (κ1) is 23.7. The number of aromatic nitrogens is 2. The number of nitrogens with zero attached hydrogens (tertiary/aromatic N) is 2. The van der Waals surface area contributed by atoms with Crippen LogP contribution in [0.3, 0.4) is 0 Å². The fourth-order valence-electron chi connectivity index (χ4n) is 4.19. The van der Waals surface area contributed by atoms with Crippen LogP contribution in [-0.4, -0.2) is 41.0 Å². The molecule has 0 bridgehead atoms. The van der Waals surface area contributed by atoms with Crippen LogP contribution in [0.4, 0.5) is 5.95 Å². The molecule has 1 saturated heterocycles. The molecule has 182 valence electrons. The molecule has 0 radical (unpaired) electrons. The summed E-state index contributed by atoms with van der Waals surface area (Å²) >= 11 is 12.2. The molecule has 8 nitrogen and oxygen atoms in total. The van der Waals surface area contributed by atoms with Gasteiger partial charge in [0.15, 0.2) is 0 Å². The van der Waals surface area contributed by atoms with Crippen molar-refractivity contribution < 1.29 is 24.2 Å². The van der Waals surface area contributed by atoms with Crippen LogP contribution in [0.25, 0.3) is 16.8 Å². The van der Waals surface area contributed by atoms with E-state index in [0.717, 1.165) is 0 Å². The monoisotopic (exact) mass is 523 g/mol. The van der Waals surface area contributed by atoms with Gasteiger partial charge in [-0.05, 0) is 48.0 Å². The number of imidazole rings is 1. The molecule has 0 saturated carbocycles. The minimum Gasteiger partial charge on any atom is -0.507 e. The second-order valence-electron chi connectivity index (χ2n) is 8.02. The third-order valence-electron chi connectivity index (χ3n) is 5.95. The SMILES string of the molecule is COc1cccc(C2/C(=C(\O)c3ccc(Cl)c(Cl)c3)C(=O)C(=O)N2c2nc3ccc(OC)cc3[nH]2)c1. The first-order chi connectivity index (χ1) is 17.3. The van der Waals surface area contributed by atoms with Gasteiger partial charge < -0.3 is 19.6 Å². The lowest BCUT2D eigenvalue weighted by atomic mass is 9.95. The van der Waals surface area contributed by atoms with Gasteiger partial charge in [-0.25, -0.2) is 4.98 Å². The Hall–Kier alpha value is -4.01. The van der Waals surface area contributed by atoms with Gasteiger partial charge in [0.05, 0.1) is 46.9 Å². The number of halogens is 2. The van der Waals surface area contributed by atoms with E-state index >= 15 is 0 Å². The maximum Gasteiger partial charge on any atom is 0.302 e. The van der Waals surface area contributed by atoms with Gasteiger partial charge in [0, 0.05) is 11.6 Å². The number of rotatable bonds is 5. The lowest BCUT2D eigenvalue weighted by Gasteiger charge is -2.23. The van der Waals surface area contributed by atoms with Gasteiger partial charge in [-0.1, -0.05) is 35.3 Å². The first-order valence-electron chi connectivity index (χ1n) is 10.8. The van der Waals surface area contributed by atoms with Crippen molar-refractivity contribution in [1.82, 2.24) is 9.97 Å². The third kappa shape index (κ3) is 3.94. The Morgan fingerprint density at radius 2 is 1.72 bits per heavy atom. The van der Waals surface area contributed by atoms with E-state index in [9.17, 15) is 14.7 Å². The number of carbonyl (C=O) groups is 2. The molecule has 0 aliphatic carbocycles. The Labute approximate surface area is 215 Å². The van der Waals surface area contributed by atoms with Crippen LogP contribution in [0, 0.1) is 0 Å². The molecule has 1 amide bonds. The number of ether oxygens (including phenoxy) is 2. The number of benzene rings is 3. The van der Waals surface area contributed by atoms with Crippen LogP contribution in [-0.2, 0) is 9.59 Å². The smallest absolute Gasteiger partial charge is 0.302 e. The van der Waals surface area contributed by atoms with Crippen molar-refractivity contribution >= 4 is 57.6 Å². The van der Waals surface area contributed by atoms with Gasteiger partial charge in [-0.2, -0.15) is 0 Å². The summed E-state index contributed by atoms with van der Waals surface area (Å²) in [6, 6.07) is 15.6. The van der Waals surface area contributed by atoms with Gasteiger partial charge >= 0.3 is 5.91 Å². The van der Waals surface area contributed by atoms with E-state index in [2.05, 4.69) is 9.97 Å². The number of ketones is 1. The zero-order valence-electron chi connectivity index (χ0n) is 19.1. The molecule has 10 heteroatoms. The Kier molecular flexibility index (Phi) is 6.07. The van der Waals surface area contributed by atoms with Gasteiger partial charge in [-0.15, -0.1) is 0 Å². The maximum absolute atomic E-state index is 13.4. The molecule has 2 heterocycles. The molecule has 3 aromatic carbocycles. The lowest BCUT2D eigenvalue weighted by molar-refractivity contribution is -0.132. The molecule has 1 aromatic heterocycles. The summed E-state index contributed by atoms with van der Waals surface area (Å²) in [5.74, 6) is -0.855. The standard InChI is InChI=1S/C26H19Cl2N3O5/c1-35-15-5-3-4-13(10-15)22-21(23(32)14-6-8-17(27)18(28)11-14)24(33)25(34)31(22)26-29-19-9-7-16(36-2)12-20(19)30-26/h3-12,22,32H,1-2H3,(H,29,30)/b23-21+. The van der Waals surface area contributed by atoms with Gasteiger partial charge in [0.25, 0.3) is 5.78 Å². The average molecular weight is 524 g/mol. The average Bonchev–Trinajstić information content (AvgIpc) is 3.42. The van der Waals surface area contributed by atoms with E-state index in [1.54, 1.807) is 49.6 Å². The molecule has 5 rings (SSSR count). The predicted molar refractivity (Wildman–Crippen MR) is 137 cm³/mol. The van der Waals surface area contributed by atoms with E-state index < -0.39 is 17.7 Å². The number of Topliss-reactive ketones (excluding diaryl/α,β-unsaturated/α-hetero) is 1. The fraction of sp³-hybridized carbons (Fsp3) is 0.115. The zero-order chi connectivity index (χ0) is 25.6. The number of nitrogens with one attached hydrogen (secondary N) is 1. The molecule has 4 aromatic rings. The van der Waals surface area contributed by atoms with Gasteiger partial charge in [0.2, 0.25) is 5.95 Å². The highest BCUT2D eigenvalue weighted by Crippen LogP contribution is 2.43. The molecular formula is C26H19Cl2N3O5. The maximum atomic E-state index is 13.4. The number of methoxy groups -OCH3 is 2. The Balaban J connectivity index is 1.73. The summed E-state index contributed by atoms with van der Waals surface area (Å²) in [7, 11) is 3.06. The van der Waals surface area contributed by atoms with Gasteiger partial charge in [0.1, 0.15) is 17.3 Å². The highest BCUT2D eigenvalue weighted by Gasteiger charge is 2.48. The number of hydrogen-bond donors (Lipinski definition) is 2. The molecular weight excluding hydrogens is 505 g/mol. The van der Waals surface area contributed by atoms with E-state index in [0.29, 0.717) is 28.1 Å². The highest BCUT2D eigenvalue weighted by atomic mass is 35.5. The summed E-state index contributed by atoms with van der Waals surface area (Å²) in [5, 5.41) is 11.7. The van der Waals surface area contributed by atoms with Crippen molar-refractivity contribution in [2.45, 2.75) is 6.04 Å². The van der Waals surface area contributed by atoms with Crippen LogP contribution < -0.4 is 14.4 Å². The second-order valence-corrected chi connectivity index (χ2v) is 8.83. The molecule has 36 heavy (non-hydrogen) atoms. The quantitative estimate of drug-likeness (QED) is 0.203. The van der Waals surface area contributed by atoms with Crippen LogP contribution in [0.1, 0.15) is 17.2 Å². The second kappa shape index (κ2) is 9.22. The molecule has 1 unspecified atom stereocenters. The van der Waals surface area contributed by atoms with Crippen molar-refractivity contribution in [3.05, 3.63) is 87.4 Å². The third-order valence-corrected chi connectivity index (χ3v) is 6.69. The Morgan fingerprint density at radius 1 is 0.972 bits per heavy atom. The molecule has 1 fully saturated rings. The van der Waals surface area contributed by atoms with Crippen LogP contribution in [0.2, 0.25) is 10.0 Å². The molecule has 1 aliphatic rings. The molecule has 1 atom stereocenters. The summed E-state index contributed by atoms with van der Waals surface area (Å²) in [6.45, 7) is 0. The number of carbonyl (C=O) groups excluding carboxylic acids is 2. The minimum atomic E-state index is -1.00. The zero-order valence-corrected chi connectivity index (χ0v) is 20.6. The topological polar surface area (TPSA) is 105 Å². The van der Waals surface area contributed by atoms with Crippen LogP contribution >= 0.6 is 23.2 Å². The molecule has 0 spiro atoms. The normalized spacial score (nSPS) is 17.1. The molecule has 2 N–H and O–H groups in total. The Morgan fingerprint density at radius 3 is 2.44 bits per heavy atom. The predicted octanol–water partition coefficient (Wildman–Crippen LogP) is 5.51. The minimum absolute atomic E-state index is 0.121. The lowest BCUT2D eigenvalue weighted by Crippen LogP contribution is -2.30. The number of anilines is 1. The van der Waals surface area contributed by atoms with E-state index in [-0.39, 0.29) is 32.9 Å². The number of fused-ring (bicyclic) bond motifs is 1. The van der Waals surface area contributed by atoms with Crippen molar-refractivity contribution in [3.63, 3.8) is 0 Å². The first-order valence-corrected chi connectivity index (χ1v) is 11.5. The Bertz CT molecular complexity index is 1560. The van der Waals surface area contributed by atoms with Crippen molar-refractivity contribution in [1.29, 1.82) is 0 Å². The summed E-state index contributed by atoms with van der Waals surface area (Å²) in [5.41, 5.74) is 1.84. The number of aliphatic hydroxyl groups is 1. The summed E-state index contributed by atoms with van der Waals surface area (Å²) in [4.78, 5) is 35.6. The van der Waals surface area contributed by atoms with Crippen LogP contribution in [0.5, 0.6) is 11.5 Å². The number of H-pyrrole nitrogens is 1. The summed E-state index contributed by atoms with van der Waals surface area (Å²) < 4.78 is 10.6. The van der Waals surface area contributed by atoms with E-state index in [4.69, 9.17) is 32.7 Å². The number of aliphatic hydroxyl groups excluding tert-OH is 1.